The molecule has 0 bridgehead atoms. The van der Waals surface area contributed by atoms with Crippen LogP contribution in [0.5, 0.6) is 0 Å². The molecule has 4 heteroatoms. The first-order valence-electron chi connectivity index (χ1n) is 6.71. The van der Waals surface area contributed by atoms with Crippen molar-refractivity contribution in [2.75, 3.05) is 7.05 Å². The third-order valence-corrected chi connectivity index (χ3v) is 3.21. The second kappa shape index (κ2) is 5.97. The van der Waals surface area contributed by atoms with Gasteiger partial charge in [0, 0.05) is 12.2 Å². The van der Waals surface area contributed by atoms with Gasteiger partial charge in [-0.25, -0.2) is 9.07 Å². The van der Waals surface area contributed by atoms with Gasteiger partial charge in [0.15, 0.2) is 0 Å². The molecule has 0 amide bonds. The van der Waals surface area contributed by atoms with E-state index >= 15 is 0 Å². The summed E-state index contributed by atoms with van der Waals surface area (Å²) in [5.41, 5.74) is 3.52. The number of hydrogen-bond donors (Lipinski definition) is 1. The highest BCUT2D eigenvalue weighted by atomic mass is 19.1. The summed E-state index contributed by atoms with van der Waals surface area (Å²) in [7, 11) is 1.86. The molecule has 0 saturated carbocycles. The molecule has 1 aromatic carbocycles. The van der Waals surface area contributed by atoms with Gasteiger partial charge < -0.3 is 5.32 Å². The fourth-order valence-corrected chi connectivity index (χ4v) is 2.22. The molecule has 1 heterocycles. The number of benzene rings is 1. The van der Waals surface area contributed by atoms with E-state index in [1.54, 1.807) is 10.7 Å². The van der Waals surface area contributed by atoms with E-state index in [1.165, 1.54) is 6.07 Å². The number of aromatic nitrogens is 2. The van der Waals surface area contributed by atoms with Crippen molar-refractivity contribution in [3.05, 3.63) is 47.0 Å². The first-order chi connectivity index (χ1) is 9.21. The lowest BCUT2D eigenvalue weighted by Crippen LogP contribution is -2.13. The van der Waals surface area contributed by atoms with Crippen molar-refractivity contribution in [2.24, 2.45) is 0 Å². The number of para-hydroxylation sites is 1. The van der Waals surface area contributed by atoms with Gasteiger partial charge in [0.1, 0.15) is 11.5 Å². The van der Waals surface area contributed by atoms with E-state index in [0.29, 0.717) is 12.2 Å². The van der Waals surface area contributed by atoms with Crippen LogP contribution < -0.4 is 5.32 Å². The second-order valence-corrected chi connectivity index (χ2v) is 4.52. The predicted octanol–water partition coefficient (Wildman–Crippen LogP) is 2.86. The van der Waals surface area contributed by atoms with Gasteiger partial charge in [0.05, 0.1) is 5.69 Å². The van der Waals surface area contributed by atoms with Crippen molar-refractivity contribution in [3.63, 3.8) is 0 Å². The fraction of sp³-hybridized carbons (Fsp3) is 0.400. The van der Waals surface area contributed by atoms with Crippen molar-refractivity contribution in [3.8, 4) is 5.69 Å². The summed E-state index contributed by atoms with van der Waals surface area (Å²) in [5, 5.41) is 7.59. The van der Waals surface area contributed by atoms with Crippen molar-refractivity contribution < 1.29 is 4.39 Å². The van der Waals surface area contributed by atoms with Crippen LogP contribution in [0.15, 0.2) is 24.3 Å². The van der Waals surface area contributed by atoms with Gasteiger partial charge in [-0.15, -0.1) is 0 Å². The smallest absolute Gasteiger partial charge is 0.149 e. The van der Waals surface area contributed by atoms with Gasteiger partial charge in [-0.2, -0.15) is 5.10 Å². The maximum absolute atomic E-state index is 14.2. The van der Waals surface area contributed by atoms with Crippen LogP contribution in [0.2, 0.25) is 0 Å². The van der Waals surface area contributed by atoms with Crippen LogP contribution in [0, 0.1) is 5.82 Å². The zero-order chi connectivity index (χ0) is 13.8. The van der Waals surface area contributed by atoms with Crippen LogP contribution in [-0.4, -0.2) is 16.8 Å². The molecule has 0 unspecified atom stereocenters. The maximum atomic E-state index is 14.2. The van der Waals surface area contributed by atoms with Crippen molar-refractivity contribution in [2.45, 2.75) is 33.2 Å². The molecule has 19 heavy (non-hydrogen) atoms. The second-order valence-electron chi connectivity index (χ2n) is 4.52. The van der Waals surface area contributed by atoms with Gasteiger partial charge in [-0.3, -0.25) is 0 Å². The quantitative estimate of drug-likeness (QED) is 0.897. The summed E-state index contributed by atoms with van der Waals surface area (Å²) in [6, 6.07) is 7.21. The van der Waals surface area contributed by atoms with Gasteiger partial charge in [-0.1, -0.05) is 26.0 Å². The average molecular weight is 261 g/mol. The molecule has 2 aromatic rings. The summed E-state index contributed by atoms with van der Waals surface area (Å²) >= 11 is 0. The molecule has 2 rings (SSSR count). The third-order valence-electron chi connectivity index (χ3n) is 3.21. The third kappa shape index (κ3) is 2.68. The molecule has 102 valence electrons. The molecule has 0 spiro atoms. The maximum Gasteiger partial charge on any atom is 0.149 e. The Kier molecular flexibility index (Phi) is 4.32. The lowest BCUT2D eigenvalue weighted by molar-refractivity contribution is 0.599. The number of hydrogen-bond acceptors (Lipinski definition) is 2. The molecule has 0 fully saturated rings. The SMILES string of the molecule is CCc1cc(CC)n(-c2c(F)cccc2CNC)n1. The first-order valence-corrected chi connectivity index (χ1v) is 6.71. The minimum absolute atomic E-state index is 0.229. The normalized spacial score (nSPS) is 10.9. The number of nitrogens with one attached hydrogen (secondary N) is 1. The van der Waals surface area contributed by atoms with E-state index < -0.39 is 0 Å². The summed E-state index contributed by atoms with van der Waals surface area (Å²) in [6.45, 7) is 4.74. The van der Waals surface area contributed by atoms with Crippen LogP contribution in [0.25, 0.3) is 5.69 Å². The molecule has 0 atom stereocenters. The lowest BCUT2D eigenvalue weighted by Gasteiger charge is -2.12. The molecule has 3 nitrogen and oxygen atoms in total. The van der Waals surface area contributed by atoms with Crippen LogP contribution in [0.3, 0.4) is 0 Å². The molecule has 1 aromatic heterocycles. The standard InChI is InChI=1S/C15H20FN3/c1-4-12-9-13(5-2)19(18-12)15-11(10-17-3)7-6-8-14(15)16/h6-9,17H,4-5,10H2,1-3H3. The van der Waals surface area contributed by atoms with E-state index in [2.05, 4.69) is 30.3 Å². The van der Waals surface area contributed by atoms with Crippen molar-refractivity contribution in [1.29, 1.82) is 0 Å². The largest absolute Gasteiger partial charge is 0.316 e. The van der Waals surface area contributed by atoms with Crippen LogP contribution in [0.4, 0.5) is 4.39 Å². The molecule has 0 saturated heterocycles. The minimum atomic E-state index is -0.229. The zero-order valence-corrected chi connectivity index (χ0v) is 11.7. The predicted molar refractivity (Wildman–Crippen MR) is 75.0 cm³/mol. The molecule has 0 radical (unpaired) electrons. The van der Waals surface area contributed by atoms with Crippen molar-refractivity contribution in [1.82, 2.24) is 15.1 Å². The number of halogens is 1. The lowest BCUT2D eigenvalue weighted by atomic mass is 10.1. The average Bonchev–Trinajstić information content (AvgIpc) is 2.82. The summed E-state index contributed by atoms with van der Waals surface area (Å²) in [5.74, 6) is -0.229. The molecule has 1 N–H and O–H groups in total. The number of rotatable bonds is 5. The Balaban J connectivity index is 2.60. The Labute approximate surface area is 113 Å². The number of aryl methyl sites for hydroxylation is 2. The molecule has 0 aliphatic carbocycles. The van der Waals surface area contributed by atoms with Crippen LogP contribution >= 0.6 is 0 Å². The Morgan fingerprint density at radius 3 is 2.68 bits per heavy atom. The molecular formula is C15H20FN3. The van der Waals surface area contributed by atoms with E-state index in [9.17, 15) is 4.39 Å². The molecule has 0 aliphatic rings. The highest BCUT2D eigenvalue weighted by Crippen LogP contribution is 2.21. The fourth-order valence-electron chi connectivity index (χ4n) is 2.22. The Morgan fingerprint density at radius 1 is 1.26 bits per heavy atom. The topological polar surface area (TPSA) is 29.9 Å². The van der Waals surface area contributed by atoms with Gasteiger partial charge in [0.2, 0.25) is 0 Å². The summed E-state index contributed by atoms with van der Waals surface area (Å²) in [6.07, 6.45) is 1.69. The highest BCUT2D eigenvalue weighted by molar-refractivity contribution is 5.43. The van der Waals surface area contributed by atoms with E-state index in [-0.39, 0.29) is 5.82 Å². The molecule has 0 aliphatic heterocycles. The summed E-state index contributed by atoms with van der Waals surface area (Å²) in [4.78, 5) is 0. The monoisotopic (exact) mass is 261 g/mol. The first kappa shape index (κ1) is 13.7. The molecular weight excluding hydrogens is 241 g/mol. The summed E-state index contributed by atoms with van der Waals surface area (Å²) < 4.78 is 16.0. The highest BCUT2D eigenvalue weighted by Gasteiger charge is 2.15. The Bertz CT molecular complexity index is 561. The van der Waals surface area contributed by atoms with E-state index in [4.69, 9.17) is 0 Å². The van der Waals surface area contributed by atoms with Crippen LogP contribution in [0.1, 0.15) is 30.8 Å². The van der Waals surface area contributed by atoms with E-state index in [1.807, 2.05) is 13.1 Å². The van der Waals surface area contributed by atoms with Crippen molar-refractivity contribution >= 4 is 0 Å². The zero-order valence-electron chi connectivity index (χ0n) is 11.7. The van der Waals surface area contributed by atoms with E-state index in [0.717, 1.165) is 29.8 Å². The minimum Gasteiger partial charge on any atom is -0.316 e. The van der Waals surface area contributed by atoms with Gasteiger partial charge in [-0.05, 0) is 37.6 Å². The van der Waals surface area contributed by atoms with Gasteiger partial charge >= 0.3 is 0 Å². The Morgan fingerprint density at radius 2 is 2.05 bits per heavy atom. The van der Waals surface area contributed by atoms with Crippen LogP contribution in [-0.2, 0) is 19.4 Å². The Hall–Kier alpha value is -1.68. The van der Waals surface area contributed by atoms with Gasteiger partial charge in [0.25, 0.3) is 0 Å². The number of nitrogens with zero attached hydrogens (tertiary/aromatic N) is 2.